The number of anilines is 1. The van der Waals surface area contributed by atoms with Gasteiger partial charge in [-0.05, 0) is 31.0 Å². The van der Waals surface area contributed by atoms with Gasteiger partial charge in [-0.1, -0.05) is 12.2 Å². The zero-order valence-corrected chi connectivity index (χ0v) is 9.66. The first-order valence-corrected chi connectivity index (χ1v) is 5.56. The quantitative estimate of drug-likeness (QED) is 0.821. The van der Waals surface area contributed by atoms with Gasteiger partial charge in [-0.3, -0.25) is 0 Å². The van der Waals surface area contributed by atoms with E-state index in [-0.39, 0.29) is 10.6 Å². The fraction of sp³-hybridized carbons (Fsp3) is 0.364. The van der Waals surface area contributed by atoms with Crippen LogP contribution in [0.15, 0.2) is 18.2 Å². The second-order valence-corrected chi connectivity index (χ2v) is 4.48. The third-order valence-corrected chi connectivity index (χ3v) is 2.76. The molecular weight excluding hydrogens is 249 g/mol. The van der Waals surface area contributed by atoms with Crippen LogP contribution < -0.4 is 11.1 Å². The lowest BCUT2D eigenvalue weighted by Crippen LogP contribution is -2.18. The molecule has 0 atom stereocenters. The molecule has 1 aromatic rings. The van der Waals surface area contributed by atoms with Gasteiger partial charge in [0, 0.05) is 17.3 Å². The summed E-state index contributed by atoms with van der Waals surface area (Å²) in [7, 11) is 0. The Labute approximate surface area is 102 Å². The number of thiocarbonyl (C=S) groups is 1. The van der Waals surface area contributed by atoms with Gasteiger partial charge in [-0.15, -0.1) is 0 Å². The molecule has 17 heavy (non-hydrogen) atoms. The highest BCUT2D eigenvalue weighted by Crippen LogP contribution is 2.35. The number of alkyl halides is 3. The van der Waals surface area contributed by atoms with Crippen LogP contribution in [0.1, 0.15) is 24.0 Å². The van der Waals surface area contributed by atoms with Crippen LogP contribution in [0.2, 0.25) is 0 Å². The van der Waals surface area contributed by atoms with Crippen molar-refractivity contribution in [3.05, 3.63) is 29.3 Å². The highest BCUT2D eigenvalue weighted by molar-refractivity contribution is 7.80. The third-order valence-electron chi connectivity index (χ3n) is 2.54. The number of benzene rings is 1. The van der Waals surface area contributed by atoms with Gasteiger partial charge < -0.3 is 11.1 Å². The van der Waals surface area contributed by atoms with E-state index in [1.54, 1.807) is 6.07 Å². The van der Waals surface area contributed by atoms with E-state index in [1.165, 1.54) is 6.07 Å². The smallest absolute Gasteiger partial charge is 0.389 e. The largest absolute Gasteiger partial charge is 0.417 e. The molecule has 2 nitrogen and oxygen atoms in total. The Morgan fingerprint density at radius 2 is 2.00 bits per heavy atom. The number of nitrogens with two attached hydrogens (primary N) is 1. The minimum absolute atomic E-state index is 0.131. The number of nitrogens with one attached hydrogen (secondary N) is 1. The lowest BCUT2D eigenvalue weighted by atomic mass is 10.1. The minimum atomic E-state index is -4.44. The number of halogens is 3. The van der Waals surface area contributed by atoms with Crippen molar-refractivity contribution in [3.8, 4) is 0 Å². The highest BCUT2D eigenvalue weighted by atomic mass is 32.1. The molecule has 1 saturated carbocycles. The molecule has 0 aliphatic heterocycles. The first-order chi connectivity index (χ1) is 7.88. The SMILES string of the molecule is NC(=S)c1ccc(NC2CC2)cc1C(F)(F)F. The molecule has 0 saturated heterocycles. The maximum absolute atomic E-state index is 12.8. The zero-order chi connectivity index (χ0) is 12.6. The topological polar surface area (TPSA) is 38.0 Å². The lowest BCUT2D eigenvalue weighted by Gasteiger charge is -2.14. The summed E-state index contributed by atoms with van der Waals surface area (Å²) in [4.78, 5) is -0.240. The predicted octanol–water partition coefficient (Wildman–Crippen LogP) is 2.91. The number of hydrogen-bond acceptors (Lipinski definition) is 2. The highest BCUT2D eigenvalue weighted by Gasteiger charge is 2.34. The fourth-order valence-electron chi connectivity index (χ4n) is 1.55. The van der Waals surface area contributed by atoms with Crippen molar-refractivity contribution in [1.82, 2.24) is 0 Å². The van der Waals surface area contributed by atoms with Crippen molar-refractivity contribution >= 4 is 22.9 Å². The van der Waals surface area contributed by atoms with Crippen LogP contribution in [0.3, 0.4) is 0 Å². The van der Waals surface area contributed by atoms with E-state index in [4.69, 9.17) is 5.73 Å². The van der Waals surface area contributed by atoms with E-state index in [0.29, 0.717) is 11.7 Å². The maximum Gasteiger partial charge on any atom is 0.417 e. The Kier molecular flexibility index (Phi) is 2.99. The second kappa shape index (κ2) is 4.18. The average molecular weight is 260 g/mol. The summed E-state index contributed by atoms with van der Waals surface area (Å²) in [5.74, 6) is 0. The van der Waals surface area contributed by atoms with Crippen molar-refractivity contribution in [2.45, 2.75) is 25.1 Å². The van der Waals surface area contributed by atoms with Crippen molar-refractivity contribution in [1.29, 1.82) is 0 Å². The van der Waals surface area contributed by atoms with Crippen molar-refractivity contribution < 1.29 is 13.2 Å². The first kappa shape index (κ1) is 12.2. The van der Waals surface area contributed by atoms with E-state index in [9.17, 15) is 13.2 Å². The Bertz CT molecular complexity index is 453. The monoisotopic (exact) mass is 260 g/mol. The van der Waals surface area contributed by atoms with Gasteiger partial charge in [-0.2, -0.15) is 13.2 Å². The molecule has 3 N–H and O–H groups in total. The van der Waals surface area contributed by atoms with E-state index < -0.39 is 11.7 Å². The minimum Gasteiger partial charge on any atom is -0.389 e. The summed E-state index contributed by atoms with van der Waals surface area (Å²) < 4.78 is 38.4. The normalized spacial score (nSPS) is 15.7. The van der Waals surface area contributed by atoms with Gasteiger partial charge in [0.25, 0.3) is 0 Å². The Morgan fingerprint density at radius 1 is 1.35 bits per heavy atom. The molecule has 0 unspecified atom stereocenters. The number of rotatable bonds is 3. The van der Waals surface area contributed by atoms with E-state index >= 15 is 0 Å². The summed E-state index contributed by atoms with van der Waals surface area (Å²) in [6.07, 6.45) is -2.45. The predicted molar refractivity (Wildman–Crippen MR) is 64.0 cm³/mol. The lowest BCUT2D eigenvalue weighted by molar-refractivity contribution is -0.137. The van der Waals surface area contributed by atoms with Crippen LogP contribution >= 0.6 is 12.2 Å². The summed E-state index contributed by atoms with van der Waals surface area (Å²) in [6, 6.07) is 4.25. The molecule has 0 heterocycles. The van der Waals surface area contributed by atoms with Gasteiger partial charge in [-0.25, -0.2) is 0 Å². The summed E-state index contributed by atoms with van der Waals surface area (Å²) in [5.41, 5.74) is 4.83. The van der Waals surface area contributed by atoms with E-state index in [0.717, 1.165) is 18.9 Å². The molecule has 1 aliphatic rings. The van der Waals surface area contributed by atoms with Gasteiger partial charge >= 0.3 is 6.18 Å². The van der Waals surface area contributed by atoms with Crippen LogP contribution in [0.5, 0.6) is 0 Å². The van der Waals surface area contributed by atoms with Crippen molar-refractivity contribution in [3.63, 3.8) is 0 Å². The molecule has 1 aliphatic carbocycles. The van der Waals surface area contributed by atoms with Crippen LogP contribution in [0.4, 0.5) is 18.9 Å². The van der Waals surface area contributed by atoms with Crippen molar-refractivity contribution in [2.75, 3.05) is 5.32 Å². The zero-order valence-electron chi connectivity index (χ0n) is 8.84. The molecular formula is C11H11F3N2S. The van der Waals surface area contributed by atoms with Crippen LogP contribution in [-0.2, 0) is 6.18 Å². The molecule has 0 aromatic heterocycles. The standard InChI is InChI=1S/C11H11F3N2S/c12-11(13,14)9-5-7(16-6-1-2-6)3-4-8(9)10(15)17/h3-6,16H,1-2H2,(H2,15,17). The number of hydrogen-bond donors (Lipinski definition) is 2. The molecule has 0 spiro atoms. The Morgan fingerprint density at radius 3 is 2.47 bits per heavy atom. The molecule has 6 heteroatoms. The van der Waals surface area contributed by atoms with Crippen LogP contribution in [0.25, 0.3) is 0 Å². The average Bonchev–Trinajstić information content (AvgIpc) is 3.00. The molecule has 92 valence electrons. The fourth-order valence-corrected chi connectivity index (χ4v) is 1.72. The molecule has 0 amide bonds. The summed E-state index contributed by atoms with van der Waals surface area (Å²) >= 11 is 4.62. The molecule has 1 fully saturated rings. The molecule has 2 rings (SSSR count). The van der Waals surface area contributed by atoms with Crippen molar-refractivity contribution in [2.24, 2.45) is 5.73 Å². The second-order valence-electron chi connectivity index (χ2n) is 4.04. The summed E-state index contributed by atoms with van der Waals surface area (Å²) in [6.45, 7) is 0. The van der Waals surface area contributed by atoms with Crippen LogP contribution in [-0.4, -0.2) is 11.0 Å². The Balaban J connectivity index is 2.38. The molecule has 0 radical (unpaired) electrons. The molecule has 1 aromatic carbocycles. The maximum atomic E-state index is 12.8. The molecule has 0 bridgehead atoms. The Hall–Kier alpha value is -1.30. The van der Waals surface area contributed by atoms with Gasteiger partial charge in [0.15, 0.2) is 0 Å². The van der Waals surface area contributed by atoms with Crippen LogP contribution in [0, 0.1) is 0 Å². The summed E-state index contributed by atoms with van der Waals surface area (Å²) in [5, 5.41) is 3.01. The van der Waals surface area contributed by atoms with Gasteiger partial charge in [0.1, 0.15) is 4.99 Å². The van der Waals surface area contributed by atoms with Gasteiger partial charge in [0.2, 0.25) is 0 Å². The third kappa shape index (κ3) is 2.88. The van der Waals surface area contributed by atoms with E-state index in [1.807, 2.05) is 0 Å². The van der Waals surface area contributed by atoms with E-state index in [2.05, 4.69) is 17.5 Å². The van der Waals surface area contributed by atoms with Gasteiger partial charge in [0.05, 0.1) is 5.56 Å². The first-order valence-electron chi connectivity index (χ1n) is 5.15.